The molecule has 0 aromatic carbocycles. The smallest absolute Gasteiger partial charge is 0.0707 e. The molecule has 0 aliphatic carbocycles. The summed E-state index contributed by atoms with van der Waals surface area (Å²) >= 11 is 2.09. The van der Waals surface area contributed by atoms with Crippen LogP contribution in [0.4, 0.5) is 0 Å². The second-order valence-corrected chi connectivity index (χ2v) is 6.58. The van der Waals surface area contributed by atoms with Crippen LogP contribution in [0.5, 0.6) is 0 Å². The van der Waals surface area contributed by atoms with Gasteiger partial charge < -0.3 is 10.1 Å². The highest BCUT2D eigenvalue weighted by molar-refractivity contribution is 7.99. The molecule has 0 bridgehead atoms. The van der Waals surface area contributed by atoms with Gasteiger partial charge in [0.05, 0.1) is 11.7 Å². The van der Waals surface area contributed by atoms with Crippen LogP contribution in [0.15, 0.2) is 0 Å². The molecule has 0 spiro atoms. The summed E-state index contributed by atoms with van der Waals surface area (Å²) in [5, 5.41) is 3.57. The van der Waals surface area contributed by atoms with Crippen LogP contribution in [0.1, 0.15) is 33.1 Å². The first-order chi connectivity index (χ1) is 7.16. The topological polar surface area (TPSA) is 21.3 Å². The molecular weight excluding hydrogens is 206 g/mol. The minimum atomic E-state index is 0.121. The maximum atomic E-state index is 5.95. The highest BCUT2D eigenvalue weighted by Crippen LogP contribution is 2.29. The molecule has 0 aromatic rings. The lowest BCUT2D eigenvalue weighted by Gasteiger charge is -2.20. The van der Waals surface area contributed by atoms with Crippen molar-refractivity contribution >= 4 is 11.8 Å². The van der Waals surface area contributed by atoms with Crippen LogP contribution in [-0.2, 0) is 4.74 Å². The van der Waals surface area contributed by atoms with E-state index in [0.29, 0.717) is 6.10 Å². The molecule has 2 nitrogen and oxygen atoms in total. The van der Waals surface area contributed by atoms with Crippen molar-refractivity contribution in [2.75, 3.05) is 24.6 Å². The minimum Gasteiger partial charge on any atom is -0.371 e. The average molecular weight is 229 g/mol. The van der Waals surface area contributed by atoms with Crippen molar-refractivity contribution in [1.82, 2.24) is 5.32 Å². The van der Waals surface area contributed by atoms with Gasteiger partial charge in [-0.2, -0.15) is 11.8 Å². The first-order valence-electron chi connectivity index (χ1n) is 6.12. The highest BCUT2D eigenvalue weighted by atomic mass is 32.2. The molecule has 15 heavy (non-hydrogen) atoms. The summed E-state index contributed by atoms with van der Waals surface area (Å²) in [4.78, 5) is 0. The Morgan fingerprint density at radius 3 is 2.80 bits per heavy atom. The Balaban J connectivity index is 1.58. The zero-order valence-corrected chi connectivity index (χ0v) is 10.7. The van der Waals surface area contributed by atoms with Gasteiger partial charge in [-0.05, 0) is 57.1 Å². The third kappa shape index (κ3) is 3.65. The minimum absolute atomic E-state index is 0.121. The van der Waals surface area contributed by atoms with Gasteiger partial charge in [-0.1, -0.05) is 0 Å². The van der Waals surface area contributed by atoms with E-state index in [0.717, 1.165) is 12.5 Å². The number of nitrogens with one attached hydrogen (secondary N) is 1. The lowest BCUT2D eigenvalue weighted by atomic mass is 10.1. The van der Waals surface area contributed by atoms with Gasteiger partial charge in [0, 0.05) is 6.54 Å². The summed E-state index contributed by atoms with van der Waals surface area (Å²) in [5.74, 6) is 3.62. The van der Waals surface area contributed by atoms with E-state index in [9.17, 15) is 0 Å². The predicted molar refractivity (Wildman–Crippen MR) is 66.5 cm³/mol. The zero-order chi connectivity index (χ0) is 10.7. The van der Waals surface area contributed by atoms with Crippen molar-refractivity contribution in [1.29, 1.82) is 0 Å². The largest absolute Gasteiger partial charge is 0.371 e. The molecule has 2 atom stereocenters. The average Bonchev–Trinajstić information content (AvgIpc) is 2.76. The van der Waals surface area contributed by atoms with Gasteiger partial charge in [-0.25, -0.2) is 0 Å². The van der Waals surface area contributed by atoms with Crippen molar-refractivity contribution in [3.8, 4) is 0 Å². The van der Waals surface area contributed by atoms with Crippen molar-refractivity contribution in [3.63, 3.8) is 0 Å². The molecule has 1 N–H and O–H groups in total. The van der Waals surface area contributed by atoms with Gasteiger partial charge in [0.1, 0.15) is 0 Å². The number of hydrogen-bond acceptors (Lipinski definition) is 3. The van der Waals surface area contributed by atoms with E-state index in [2.05, 4.69) is 30.9 Å². The quantitative estimate of drug-likeness (QED) is 0.799. The summed E-state index contributed by atoms with van der Waals surface area (Å²) in [5.41, 5.74) is 0.121. The first kappa shape index (κ1) is 11.7. The fraction of sp³-hybridized carbons (Fsp3) is 1.00. The number of ether oxygens (including phenoxy) is 1. The number of hydrogen-bond donors (Lipinski definition) is 1. The first-order valence-corrected chi connectivity index (χ1v) is 7.27. The molecule has 3 heteroatoms. The second-order valence-electron chi connectivity index (χ2n) is 5.43. The van der Waals surface area contributed by atoms with Crippen LogP contribution >= 0.6 is 11.8 Å². The van der Waals surface area contributed by atoms with Crippen LogP contribution in [0.25, 0.3) is 0 Å². The Morgan fingerprint density at radius 1 is 1.33 bits per heavy atom. The van der Waals surface area contributed by atoms with E-state index in [1.807, 2.05) is 0 Å². The monoisotopic (exact) mass is 229 g/mol. The van der Waals surface area contributed by atoms with Crippen LogP contribution in [0.3, 0.4) is 0 Å². The standard InChI is InChI=1S/C12H23NOS/c1-12(2)5-3-11(14-12)8-13-7-10-4-6-15-9-10/h10-11,13H,3-9H2,1-2H3. The predicted octanol–water partition coefficient (Wildman–Crippen LogP) is 2.29. The molecule has 2 aliphatic heterocycles. The van der Waals surface area contributed by atoms with E-state index in [4.69, 9.17) is 4.74 Å². The molecule has 2 aliphatic rings. The molecule has 2 rings (SSSR count). The van der Waals surface area contributed by atoms with Crippen LogP contribution in [-0.4, -0.2) is 36.3 Å². The summed E-state index contributed by atoms with van der Waals surface area (Å²) in [6.07, 6.45) is 4.28. The molecule has 2 unspecified atom stereocenters. The molecular formula is C12H23NOS. The summed E-state index contributed by atoms with van der Waals surface area (Å²) in [6, 6.07) is 0. The maximum absolute atomic E-state index is 5.95. The lowest BCUT2D eigenvalue weighted by Crippen LogP contribution is -2.32. The van der Waals surface area contributed by atoms with Gasteiger partial charge in [-0.3, -0.25) is 0 Å². The molecule has 88 valence electrons. The van der Waals surface area contributed by atoms with Gasteiger partial charge >= 0.3 is 0 Å². The van der Waals surface area contributed by atoms with Crippen LogP contribution < -0.4 is 5.32 Å². The molecule has 0 aromatic heterocycles. The fourth-order valence-electron chi connectivity index (χ4n) is 2.41. The van der Waals surface area contributed by atoms with E-state index in [-0.39, 0.29) is 5.60 Å². The van der Waals surface area contributed by atoms with E-state index in [1.165, 1.54) is 37.3 Å². The van der Waals surface area contributed by atoms with Gasteiger partial charge in [-0.15, -0.1) is 0 Å². The normalized spacial score (nSPS) is 34.8. The second kappa shape index (κ2) is 5.07. The number of thioether (sulfide) groups is 1. The summed E-state index contributed by atoms with van der Waals surface area (Å²) < 4.78 is 5.95. The lowest BCUT2D eigenvalue weighted by molar-refractivity contribution is -0.0143. The van der Waals surface area contributed by atoms with Crippen molar-refractivity contribution in [2.45, 2.75) is 44.8 Å². The van der Waals surface area contributed by atoms with Gasteiger partial charge in [0.25, 0.3) is 0 Å². The Labute approximate surface area is 97.5 Å². The molecule has 0 radical (unpaired) electrons. The Hall–Kier alpha value is 0.270. The molecule has 2 heterocycles. The van der Waals surface area contributed by atoms with Crippen molar-refractivity contribution in [3.05, 3.63) is 0 Å². The van der Waals surface area contributed by atoms with Gasteiger partial charge in [0.15, 0.2) is 0 Å². The Kier molecular flexibility index (Phi) is 3.97. The summed E-state index contributed by atoms with van der Waals surface area (Å²) in [7, 11) is 0. The Morgan fingerprint density at radius 2 is 2.20 bits per heavy atom. The highest BCUT2D eigenvalue weighted by Gasteiger charge is 2.31. The molecule has 0 amide bonds. The summed E-state index contributed by atoms with van der Waals surface area (Å²) in [6.45, 7) is 6.62. The Bertz CT molecular complexity index is 202. The van der Waals surface area contributed by atoms with Crippen LogP contribution in [0.2, 0.25) is 0 Å². The van der Waals surface area contributed by atoms with Crippen molar-refractivity contribution in [2.24, 2.45) is 5.92 Å². The molecule has 2 saturated heterocycles. The van der Waals surface area contributed by atoms with Gasteiger partial charge in [0.2, 0.25) is 0 Å². The van der Waals surface area contributed by atoms with E-state index >= 15 is 0 Å². The molecule has 0 saturated carbocycles. The van der Waals surface area contributed by atoms with E-state index < -0.39 is 0 Å². The van der Waals surface area contributed by atoms with Crippen LogP contribution in [0, 0.1) is 5.92 Å². The van der Waals surface area contributed by atoms with Crippen molar-refractivity contribution < 1.29 is 4.74 Å². The fourth-order valence-corrected chi connectivity index (χ4v) is 3.70. The maximum Gasteiger partial charge on any atom is 0.0707 e. The SMILES string of the molecule is CC1(C)CCC(CNCC2CCSC2)O1. The molecule has 2 fully saturated rings. The van der Waals surface area contributed by atoms with E-state index in [1.54, 1.807) is 0 Å². The zero-order valence-electron chi connectivity index (χ0n) is 9.92. The third-order valence-corrected chi connectivity index (χ3v) is 4.61. The number of rotatable bonds is 4. The third-order valence-electron chi connectivity index (χ3n) is 3.38.